The molecule has 0 saturated heterocycles. The molecule has 0 bridgehead atoms. The van der Waals surface area contributed by atoms with E-state index in [1.165, 1.54) is 24.8 Å². The van der Waals surface area contributed by atoms with E-state index in [1.807, 2.05) is 0 Å². The van der Waals surface area contributed by atoms with Gasteiger partial charge in [0.2, 0.25) is 0 Å². The summed E-state index contributed by atoms with van der Waals surface area (Å²) < 4.78 is 25.1. The van der Waals surface area contributed by atoms with Gasteiger partial charge in [-0.3, -0.25) is 4.98 Å². The number of rotatable bonds is 4. The van der Waals surface area contributed by atoms with Gasteiger partial charge in [-0.15, -0.1) is 0 Å². The molecule has 0 saturated carbocycles. The highest BCUT2D eigenvalue weighted by Crippen LogP contribution is 2.23. The number of halogens is 1. The summed E-state index contributed by atoms with van der Waals surface area (Å²) in [5.41, 5.74) is 6.83. The SMILES string of the molecule is Nc1nc(-c2cnccn2)ncc1S(=O)(=O)Cc1ccc(Cl)cc1. The molecule has 0 aliphatic rings. The Bertz CT molecular complexity index is 963. The number of nitrogen functional groups attached to an aromatic ring is 1. The fraction of sp³-hybridized carbons (Fsp3) is 0.0667. The maximum absolute atomic E-state index is 12.5. The second-order valence-corrected chi connectivity index (χ2v) is 7.31. The van der Waals surface area contributed by atoms with Crippen molar-refractivity contribution in [2.24, 2.45) is 0 Å². The summed E-state index contributed by atoms with van der Waals surface area (Å²) in [6.07, 6.45) is 5.66. The first-order chi connectivity index (χ1) is 11.5. The van der Waals surface area contributed by atoms with E-state index in [0.29, 0.717) is 16.3 Å². The highest BCUT2D eigenvalue weighted by Gasteiger charge is 2.21. The standard InChI is InChI=1S/C15H12ClN5O2S/c16-11-3-1-10(2-4-11)9-24(22,23)13-8-20-15(21-14(13)17)12-7-18-5-6-19-12/h1-8H,9H2,(H2,17,20,21). The number of sulfone groups is 1. The van der Waals surface area contributed by atoms with Crippen molar-refractivity contribution in [3.05, 3.63) is 59.6 Å². The average molecular weight is 362 g/mol. The van der Waals surface area contributed by atoms with E-state index in [1.54, 1.807) is 24.3 Å². The van der Waals surface area contributed by atoms with Crippen LogP contribution in [0.4, 0.5) is 5.82 Å². The van der Waals surface area contributed by atoms with Gasteiger partial charge in [0.05, 0.1) is 18.1 Å². The van der Waals surface area contributed by atoms with Crippen LogP contribution in [0.2, 0.25) is 5.02 Å². The third kappa shape index (κ3) is 3.50. The third-order valence-corrected chi connectivity index (χ3v) is 5.13. The minimum atomic E-state index is -3.68. The Morgan fingerprint density at radius 3 is 2.42 bits per heavy atom. The molecule has 0 aliphatic carbocycles. The zero-order valence-electron chi connectivity index (χ0n) is 12.3. The molecule has 0 atom stereocenters. The molecule has 1 aromatic carbocycles. The van der Waals surface area contributed by atoms with Crippen molar-refractivity contribution in [3.8, 4) is 11.5 Å². The van der Waals surface area contributed by atoms with Gasteiger partial charge in [0, 0.05) is 17.4 Å². The summed E-state index contributed by atoms with van der Waals surface area (Å²) in [5.74, 6) is -0.131. The van der Waals surface area contributed by atoms with Crippen molar-refractivity contribution < 1.29 is 8.42 Å². The molecule has 0 aliphatic heterocycles. The second-order valence-electron chi connectivity index (χ2n) is 4.92. The van der Waals surface area contributed by atoms with E-state index in [-0.39, 0.29) is 22.3 Å². The summed E-state index contributed by atoms with van der Waals surface area (Å²) in [6, 6.07) is 6.54. The first kappa shape index (κ1) is 16.3. The number of anilines is 1. The van der Waals surface area contributed by atoms with Crippen molar-refractivity contribution in [1.29, 1.82) is 0 Å². The van der Waals surface area contributed by atoms with Gasteiger partial charge in [-0.1, -0.05) is 23.7 Å². The Morgan fingerprint density at radius 2 is 1.79 bits per heavy atom. The van der Waals surface area contributed by atoms with E-state index in [0.717, 1.165) is 0 Å². The Kier molecular flexibility index (Phi) is 4.41. The molecular formula is C15H12ClN5O2S. The predicted molar refractivity (Wildman–Crippen MR) is 89.8 cm³/mol. The average Bonchev–Trinajstić information content (AvgIpc) is 2.57. The Hall–Kier alpha value is -2.58. The van der Waals surface area contributed by atoms with Crippen LogP contribution < -0.4 is 5.73 Å². The molecule has 0 spiro atoms. The summed E-state index contributed by atoms with van der Waals surface area (Å²) in [5, 5.41) is 0.535. The number of hydrogen-bond donors (Lipinski definition) is 1. The molecule has 24 heavy (non-hydrogen) atoms. The van der Waals surface area contributed by atoms with Crippen molar-refractivity contribution in [1.82, 2.24) is 19.9 Å². The maximum Gasteiger partial charge on any atom is 0.187 e. The summed E-state index contributed by atoms with van der Waals surface area (Å²) in [6.45, 7) is 0. The van der Waals surface area contributed by atoms with Crippen LogP contribution >= 0.6 is 11.6 Å². The number of hydrogen-bond acceptors (Lipinski definition) is 7. The van der Waals surface area contributed by atoms with Crippen LogP contribution in [-0.4, -0.2) is 28.4 Å². The smallest absolute Gasteiger partial charge is 0.187 e. The lowest BCUT2D eigenvalue weighted by Crippen LogP contribution is -2.11. The summed E-state index contributed by atoms with van der Waals surface area (Å²) in [4.78, 5) is 15.9. The van der Waals surface area contributed by atoms with Gasteiger partial charge in [0.15, 0.2) is 15.7 Å². The molecule has 0 unspecified atom stereocenters. The van der Waals surface area contributed by atoms with Crippen molar-refractivity contribution in [2.75, 3.05) is 5.73 Å². The van der Waals surface area contributed by atoms with Crippen LogP contribution in [0.3, 0.4) is 0 Å². The van der Waals surface area contributed by atoms with Crippen LogP contribution in [0, 0.1) is 0 Å². The fourth-order valence-electron chi connectivity index (χ4n) is 2.04. The van der Waals surface area contributed by atoms with Crippen LogP contribution in [0.1, 0.15) is 5.56 Å². The maximum atomic E-state index is 12.5. The van der Waals surface area contributed by atoms with Gasteiger partial charge in [0.25, 0.3) is 0 Å². The van der Waals surface area contributed by atoms with Crippen LogP contribution in [0.15, 0.2) is 53.9 Å². The van der Waals surface area contributed by atoms with Gasteiger partial charge >= 0.3 is 0 Å². The fourth-order valence-corrected chi connectivity index (χ4v) is 3.53. The van der Waals surface area contributed by atoms with Crippen molar-refractivity contribution >= 4 is 27.3 Å². The Balaban J connectivity index is 1.92. The van der Waals surface area contributed by atoms with E-state index in [4.69, 9.17) is 17.3 Å². The minimum absolute atomic E-state index is 0.120. The van der Waals surface area contributed by atoms with E-state index >= 15 is 0 Å². The molecule has 0 fully saturated rings. The summed E-state index contributed by atoms with van der Waals surface area (Å²) in [7, 11) is -3.68. The number of nitrogens with two attached hydrogens (primary N) is 1. The molecule has 3 aromatic rings. The second kappa shape index (κ2) is 6.50. The first-order valence-electron chi connectivity index (χ1n) is 6.82. The van der Waals surface area contributed by atoms with E-state index in [2.05, 4.69) is 19.9 Å². The largest absolute Gasteiger partial charge is 0.382 e. The molecule has 7 nitrogen and oxygen atoms in total. The lowest BCUT2D eigenvalue weighted by Gasteiger charge is -2.08. The van der Waals surface area contributed by atoms with Gasteiger partial charge in [0.1, 0.15) is 16.4 Å². The van der Waals surface area contributed by atoms with Gasteiger partial charge in [-0.25, -0.2) is 23.4 Å². The van der Waals surface area contributed by atoms with Gasteiger partial charge in [-0.2, -0.15) is 0 Å². The molecule has 122 valence electrons. The highest BCUT2D eigenvalue weighted by molar-refractivity contribution is 7.90. The molecule has 2 aromatic heterocycles. The molecule has 3 rings (SSSR count). The van der Waals surface area contributed by atoms with Crippen LogP contribution in [0.25, 0.3) is 11.5 Å². The zero-order chi connectivity index (χ0) is 17.2. The zero-order valence-corrected chi connectivity index (χ0v) is 13.9. The van der Waals surface area contributed by atoms with Gasteiger partial charge < -0.3 is 5.73 Å². The number of benzene rings is 1. The van der Waals surface area contributed by atoms with E-state index < -0.39 is 9.84 Å². The Labute approximate surface area is 143 Å². The molecule has 2 N–H and O–H groups in total. The van der Waals surface area contributed by atoms with Crippen LogP contribution in [-0.2, 0) is 15.6 Å². The predicted octanol–water partition coefficient (Wildman–Crippen LogP) is 2.14. The molecule has 0 amide bonds. The van der Waals surface area contributed by atoms with Gasteiger partial charge in [-0.05, 0) is 17.7 Å². The number of aromatic nitrogens is 4. The topological polar surface area (TPSA) is 112 Å². The molecule has 9 heteroatoms. The molecule has 2 heterocycles. The quantitative estimate of drug-likeness (QED) is 0.757. The van der Waals surface area contributed by atoms with E-state index in [9.17, 15) is 8.42 Å². The van der Waals surface area contributed by atoms with Crippen molar-refractivity contribution in [2.45, 2.75) is 10.6 Å². The van der Waals surface area contributed by atoms with Crippen molar-refractivity contribution in [3.63, 3.8) is 0 Å². The molecular weight excluding hydrogens is 350 g/mol. The first-order valence-corrected chi connectivity index (χ1v) is 8.85. The normalized spacial score (nSPS) is 11.4. The van der Waals surface area contributed by atoms with Crippen LogP contribution in [0.5, 0.6) is 0 Å². The lowest BCUT2D eigenvalue weighted by atomic mass is 10.2. The number of nitrogens with zero attached hydrogens (tertiary/aromatic N) is 4. The summed E-state index contributed by atoms with van der Waals surface area (Å²) >= 11 is 5.80. The lowest BCUT2D eigenvalue weighted by molar-refractivity contribution is 0.595. The Morgan fingerprint density at radius 1 is 1.04 bits per heavy atom. The minimum Gasteiger partial charge on any atom is -0.382 e. The molecule has 0 radical (unpaired) electrons. The third-order valence-electron chi connectivity index (χ3n) is 3.18. The highest BCUT2D eigenvalue weighted by atomic mass is 35.5. The monoisotopic (exact) mass is 361 g/mol.